The number of nitrogens with one attached hydrogen (secondary N) is 1. The van der Waals surface area contributed by atoms with Crippen molar-refractivity contribution in [2.24, 2.45) is 5.41 Å². The third-order valence-corrected chi connectivity index (χ3v) is 13.3. The number of amides is 1. The molecule has 1 aromatic carbocycles. The molecule has 2 heterocycles. The Kier molecular flexibility index (Phi) is 9.09. The van der Waals surface area contributed by atoms with E-state index < -0.39 is 32.1 Å². The van der Waals surface area contributed by atoms with Gasteiger partial charge in [0.25, 0.3) is 0 Å². The molecule has 7 nitrogen and oxygen atoms in total. The molecule has 0 radical (unpaired) electrons. The predicted molar refractivity (Wildman–Crippen MR) is 153 cm³/mol. The molecule has 9 heteroatoms. The van der Waals surface area contributed by atoms with E-state index in [0.29, 0.717) is 19.5 Å². The van der Waals surface area contributed by atoms with Crippen LogP contribution in [0.2, 0.25) is 18.1 Å². The molecule has 1 aliphatic rings. The highest BCUT2D eigenvalue weighted by Gasteiger charge is 2.47. The van der Waals surface area contributed by atoms with E-state index in [2.05, 4.69) is 56.3 Å². The minimum absolute atomic E-state index is 0.0333. The molecule has 0 aliphatic carbocycles. The largest absolute Gasteiger partial charge is 0.413 e. The lowest BCUT2D eigenvalue weighted by Gasteiger charge is -2.39. The first-order valence-electron chi connectivity index (χ1n) is 13.1. The normalized spacial score (nSPS) is 21.2. The van der Waals surface area contributed by atoms with Gasteiger partial charge in [-0.3, -0.25) is 9.69 Å². The predicted octanol–water partition coefficient (Wildman–Crippen LogP) is 4.92. The van der Waals surface area contributed by atoms with E-state index >= 15 is 0 Å². The van der Waals surface area contributed by atoms with Crippen molar-refractivity contribution in [2.45, 2.75) is 104 Å². The van der Waals surface area contributed by atoms with Crippen LogP contribution < -0.4 is 5.32 Å². The van der Waals surface area contributed by atoms with Crippen molar-refractivity contribution in [2.75, 3.05) is 6.54 Å². The lowest BCUT2D eigenvalue weighted by atomic mass is 9.87. The van der Waals surface area contributed by atoms with E-state index in [-0.39, 0.29) is 17.0 Å². The number of carbonyl (C=O) groups excluding carboxylic acids is 1. The number of benzene rings is 1. The lowest BCUT2D eigenvalue weighted by Crippen LogP contribution is -2.54. The highest BCUT2D eigenvalue weighted by Crippen LogP contribution is 2.39. The maximum atomic E-state index is 13.4. The number of aliphatic hydroxyl groups is 2. The average Bonchev–Trinajstić information content (AvgIpc) is 3.41. The van der Waals surface area contributed by atoms with Crippen LogP contribution in [-0.4, -0.2) is 65.3 Å². The molecule has 1 aliphatic heterocycles. The summed E-state index contributed by atoms with van der Waals surface area (Å²) in [6.45, 7) is 19.4. The molecule has 2 unspecified atom stereocenters. The van der Waals surface area contributed by atoms with Crippen LogP contribution in [0, 0.1) is 12.3 Å². The van der Waals surface area contributed by atoms with Gasteiger partial charge in [0.15, 0.2) is 8.32 Å². The van der Waals surface area contributed by atoms with Crippen LogP contribution in [0.5, 0.6) is 0 Å². The van der Waals surface area contributed by atoms with Gasteiger partial charge in [0, 0.05) is 13.1 Å². The smallest absolute Gasteiger partial charge is 0.237 e. The Morgan fingerprint density at radius 3 is 2.32 bits per heavy atom. The van der Waals surface area contributed by atoms with Crippen molar-refractivity contribution in [3.05, 3.63) is 41.0 Å². The Hall–Kier alpha value is -1.62. The molecule has 0 saturated carbocycles. The van der Waals surface area contributed by atoms with Crippen molar-refractivity contribution in [3.63, 3.8) is 0 Å². The van der Waals surface area contributed by atoms with E-state index in [4.69, 9.17) is 4.43 Å². The number of likely N-dealkylation sites (tertiary alicyclic amines) is 1. The highest BCUT2D eigenvalue weighted by atomic mass is 32.1. The molecule has 0 spiro atoms. The Morgan fingerprint density at radius 2 is 1.81 bits per heavy atom. The average molecular weight is 548 g/mol. The molecule has 0 bridgehead atoms. The van der Waals surface area contributed by atoms with E-state index in [0.717, 1.165) is 21.7 Å². The van der Waals surface area contributed by atoms with Crippen molar-refractivity contribution in [3.8, 4) is 10.4 Å². The van der Waals surface area contributed by atoms with Crippen molar-refractivity contribution < 1.29 is 19.4 Å². The number of carbonyl (C=O) groups is 1. The van der Waals surface area contributed by atoms with Gasteiger partial charge in [0.1, 0.15) is 6.23 Å². The fourth-order valence-electron chi connectivity index (χ4n) is 4.34. The van der Waals surface area contributed by atoms with Crippen LogP contribution in [0.3, 0.4) is 0 Å². The molecule has 4 atom stereocenters. The third kappa shape index (κ3) is 7.07. The number of rotatable bonds is 8. The summed E-state index contributed by atoms with van der Waals surface area (Å²) in [6, 6.07) is 7.55. The number of nitrogens with zero attached hydrogens (tertiary/aromatic N) is 2. The summed E-state index contributed by atoms with van der Waals surface area (Å²) in [7, 11) is -2.07. The SMILES string of the molecule is Cc1ncsc1-c1ccc(CNC(=O)[C@@H]2CC(O[Si](C)(C)C(C)(C)C)CN2C(O)[C@@H](O)C(C)(C)C)cc1. The number of thiazole rings is 1. The van der Waals surface area contributed by atoms with Crippen LogP contribution in [0.1, 0.15) is 59.2 Å². The third-order valence-electron chi connectivity index (χ3n) is 7.81. The molecule has 3 N–H and O–H groups in total. The van der Waals surface area contributed by atoms with Gasteiger partial charge in [-0.1, -0.05) is 65.8 Å². The summed E-state index contributed by atoms with van der Waals surface area (Å²) >= 11 is 1.62. The second-order valence-electron chi connectivity index (χ2n) is 12.9. The van der Waals surface area contributed by atoms with Crippen LogP contribution in [0.25, 0.3) is 10.4 Å². The molecular weight excluding hydrogens is 502 g/mol. The fraction of sp³-hybridized carbons (Fsp3) is 0.643. The van der Waals surface area contributed by atoms with Gasteiger partial charge in [0.2, 0.25) is 5.91 Å². The molecule has 1 amide bonds. The first kappa shape index (κ1) is 29.9. The summed E-state index contributed by atoms with van der Waals surface area (Å²) in [5, 5.41) is 25.0. The summed E-state index contributed by atoms with van der Waals surface area (Å²) < 4.78 is 6.63. The van der Waals surface area contributed by atoms with Crippen LogP contribution in [0.4, 0.5) is 0 Å². The minimum atomic E-state index is -2.07. The van der Waals surface area contributed by atoms with Crippen molar-refractivity contribution in [1.82, 2.24) is 15.2 Å². The molecular formula is C28H45N3O4SSi. The van der Waals surface area contributed by atoms with Gasteiger partial charge in [-0.15, -0.1) is 11.3 Å². The molecule has 206 valence electrons. The standard InChI is InChI=1S/C28H45N3O4SSi/c1-18-23(36-17-30-18)20-12-10-19(11-13-20)15-29-25(33)22-14-21(35-37(8,9)28(5,6)7)16-31(22)26(34)24(32)27(2,3)4/h10-13,17,21-22,24,26,32,34H,14-16H2,1-9H3,(H,29,33)/t21?,22-,24+,26?/m0/s1. The molecule has 3 rings (SSSR count). The van der Waals surface area contributed by atoms with Gasteiger partial charge >= 0.3 is 0 Å². The summed E-state index contributed by atoms with van der Waals surface area (Å²) in [4.78, 5) is 20.6. The van der Waals surface area contributed by atoms with Crippen LogP contribution >= 0.6 is 11.3 Å². The van der Waals surface area contributed by atoms with Gasteiger partial charge in [-0.05, 0) is 48.0 Å². The van der Waals surface area contributed by atoms with Gasteiger partial charge < -0.3 is 20.0 Å². The minimum Gasteiger partial charge on any atom is -0.413 e. The maximum absolute atomic E-state index is 13.4. The molecule has 1 aromatic heterocycles. The Labute approximate surface area is 227 Å². The topological polar surface area (TPSA) is 94.9 Å². The number of aryl methyl sites for hydroxylation is 1. The summed E-state index contributed by atoms with van der Waals surface area (Å²) in [5.41, 5.74) is 4.43. The van der Waals surface area contributed by atoms with Gasteiger partial charge in [-0.2, -0.15) is 0 Å². The van der Waals surface area contributed by atoms with Crippen LogP contribution in [-0.2, 0) is 15.8 Å². The quantitative estimate of drug-likeness (QED) is 0.406. The maximum Gasteiger partial charge on any atom is 0.237 e. The second kappa shape index (κ2) is 11.2. The van der Waals surface area contributed by atoms with Crippen LogP contribution in [0.15, 0.2) is 29.8 Å². The van der Waals surface area contributed by atoms with E-state index in [9.17, 15) is 15.0 Å². The monoisotopic (exact) mass is 547 g/mol. The molecule has 1 fully saturated rings. The van der Waals surface area contributed by atoms with Gasteiger partial charge in [-0.25, -0.2) is 4.98 Å². The zero-order chi connectivity index (χ0) is 27.8. The Balaban J connectivity index is 1.72. The number of aliphatic hydroxyl groups excluding tert-OH is 2. The number of aromatic nitrogens is 1. The first-order valence-corrected chi connectivity index (χ1v) is 16.9. The van der Waals surface area contributed by atoms with Crippen molar-refractivity contribution in [1.29, 1.82) is 0 Å². The Bertz CT molecular complexity index is 1060. The molecule has 37 heavy (non-hydrogen) atoms. The fourth-order valence-corrected chi connectivity index (χ4v) is 6.51. The second-order valence-corrected chi connectivity index (χ2v) is 18.5. The Morgan fingerprint density at radius 1 is 1.19 bits per heavy atom. The number of hydrogen-bond acceptors (Lipinski definition) is 7. The van der Waals surface area contributed by atoms with Crippen molar-refractivity contribution >= 4 is 25.6 Å². The lowest BCUT2D eigenvalue weighted by molar-refractivity contribution is -0.145. The summed E-state index contributed by atoms with van der Waals surface area (Å²) in [5.74, 6) is -0.163. The molecule has 1 saturated heterocycles. The highest BCUT2D eigenvalue weighted by molar-refractivity contribution is 7.13. The first-order chi connectivity index (χ1) is 17.0. The summed E-state index contributed by atoms with van der Waals surface area (Å²) in [6.07, 6.45) is -1.86. The van der Waals surface area contributed by atoms with E-state index in [1.54, 1.807) is 16.2 Å². The van der Waals surface area contributed by atoms with E-state index in [1.807, 2.05) is 45.3 Å². The zero-order valence-electron chi connectivity index (χ0n) is 23.8. The number of hydrogen-bond donors (Lipinski definition) is 3. The zero-order valence-corrected chi connectivity index (χ0v) is 25.6. The molecule has 2 aromatic rings. The van der Waals surface area contributed by atoms with Gasteiger partial charge in [0.05, 0.1) is 34.3 Å². The van der Waals surface area contributed by atoms with E-state index in [1.165, 1.54) is 0 Å².